The molecule has 0 radical (unpaired) electrons. The van der Waals surface area contributed by atoms with Gasteiger partial charge < -0.3 is 19.2 Å². The molecule has 1 N–H and O–H groups in total. The van der Waals surface area contributed by atoms with Gasteiger partial charge in [-0.2, -0.15) is 0 Å². The molecule has 0 atom stereocenters. The smallest absolute Gasteiger partial charge is 0.278 e. The van der Waals surface area contributed by atoms with Crippen LogP contribution in [0.3, 0.4) is 0 Å². The molecular weight excluding hydrogens is 308 g/mol. The molecule has 0 saturated carbocycles. The predicted molar refractivity (Wildman–Crippen MR) is 89.4 cm³/mol. The monoisotopic (exact) mass is 324 g/mol. The molecule has 3 aromatic rings. The molecule has 0 fully saturated rings. The van der Waals surface area contributed by atoms with Gasteiger partial charge in [0.2, 0.25) is 0 Å². The second-order valence-corrected chi connectivity index (χ2v) is 4.92. The van der Waals surface area contributed by atoms with Gasteiger partial charge in [-0.1, -0.05) is 30.3 Å². The Labute approximate surface area is 139 Å². The van der Waals surface area contributed by atoms with Crippen LogP contribution in [0.1, 0.15) is 10.5 Å². The lowest BCUT2D eigenvalue weighted by Crippen LogP contribution is -2.14. The van der Waals surface area contributed by atoms with E-state index in [1.54, 1.807) is 25.3 Å². The molecule has 1 amide bonds. The van der Waals surface area contributed by atoms with E-state index in [4.69, 9.17) is 13.9 Å². The van der Waals surface area contributed by atoms with Crippen LogP contribution in [-0.4, -0.2) is 25.1 Å². The molecule has 122 valence electrons. The molecule has 2 aromatic carbocycles. The fourth-order valence-corrected chi connectivity index (χ4v) is 2.29. The number of carbonyl (C=O) groups is 1. The molecule has 0 unspecified atom stereocenters. The Morgan fingerprint density at radius 1 is 1.08 bits per heavy atom. The standard InChI is InChI=1S/C18H16N2O4/c1-22-13-8-9-14(15(10-13)23-2)20-18(21)16-17(24-11-19-16)12-6-4-3-5-7-12/h3-11H,1-2H3,(H,20,21). The lowest BCUT2D eigenvalue weighted by Gasteiger charge is -2.11. The normalized spacial score (nSPS) is 10.2. The largest absolute Gasteiger partial charge is 0.497 e. The highest BCUT2D eigenvalue weighted by atomic mass is 16.5. The Morgan fingerprint density at radius 3 is 2.58 bits per heavy atom. The SMILES string of the molecule is COc1ccc(NC(=O)c2ncoc2-c2ccccc2)c(OC)c1. The average Bonchev–Trinajstić information content (AvgIpc) is 3.12. The van der Waals surface area contributed by atoms with E-state index in [0.717, 1.165) is 5.56 Å². The summed E-state index contributed by atoms with van der Waals surface area (Å²) in [6.07, 6.45) is 1.25. The van der Waals surface area contributed by atoms with Gasteiger partial charge in [0.05, 0.1) is 19.9 Å². The van der Waals surface area contributed by atoms with Crippen LogP contribution in [0.2, 0.25) is 0 Å². The molecule has 0 bridgehead atoms. The van der Waals surface area contributed by atoms with E-state index in [1.165, 1.54) is 13.5 Å². The van der Waals surface area contributed by atoms with Gasteiger partial charge in [-0.05, 0) is 12.1 Å². The zero-order valence-corrected chi connectivity index (χ0v) is 13.3. The highest BCUT2D eigenvalue weighted by Crippen LogP contribution is 2.30. The lowest BCUT2D eigenvalue weighted by atomic mass is 10.1. The minimum Gasteiger partial charge on any atom is -0.497 e. The number of hydrogen-bond donors (Lipinski definition) is 1. The van der Waals surface area contributed by atoms with E-state index >= 15 is 0 Å². The van der Waals surface area contributed by atoms with E-state index in [2.05, 4.69) is 10.3 Å². The highest BCUT2D eigenvalue weighted by molar-refractivity contribution is 6.07. The van der Waals surface area contributed by atoms with Gasteiger partial charge in [-0.15, -0.1) is 0 Å². The van der Waals surface area contributed by atoms with Crippen LogP contribution in [0, 0.1) is 0 Å². The molecule has 3 rings (SSSR count). The third-order valence-electron chi connectivity index (χ3n) is 3.48. The van der Waals surface area contributed by atoms with Gasteiger partial charge >= 0.3 is 0 Å². The van der Waals surface area contributed by atoms with Crippen molar-refractivity contribution in [1.29, 1.82) is 0 Å². The third kappa shape index (κ3) is 3.08. The van der Waals surface area contributed by atoms with Gasteiger partial charge in [0, 0.05) is 11.6 Å². The minimum atomic E-state index is -0.383. The first-order valence-corrected chi connectivity index (χ1v) is 7.25. The maximum atomic E-state index is 12.6. The second-order valence-electron chi connectivity index (χ2n) is 4.92. The maximum Gasteiger partial charge on any atom is 0.278 e. The highest BCUT2D eigenvalue weighted by Gasteiger charge is 2.19. The average molecular weight is 324 g/mol. The van der Waals surface area contributed by atoms with Crippen LogP contribution in [0.4, 0.5) is 5.69 Å². The van der Waals surface area contributed by atoms with Crippen molar-refractivity contribution in [2.45, 2.75) is 0 Å². The summed E-state index contributed by atoms with van der Waals surface area (Å²) in [7, 11) is 3.09. The maximum absolute atomic E-state index is 12.6. The molecule has 0 spiro atoms. The Hall–Kier alpha value is -3.28. The van der Waals surface area contributed by atoms with E-state index in [9.17, 15) is 4.79 Å². The van der Waals surface area contributed by atoms with Crippen molar-refractivity contribution in [1.82, 2.24) is 4.98 Å². The van der Waals surface area contributed by atoms with Crippen molar-refractivity contribution in [3.63, 3.8) is 0 Å². The van der Waals surface area contributed by atoms with Crippen LogP contribution in [-0.2, 0) is 0 Å². The number of amides is 1. The number of methoxy groups -OCH3 is 2. The molecule has 24 heavy (non-hydrogen) atoms. The zero-order valence-electron chi connectivity index (χ0n) is 13.3. The van der Waals surface area contributed by atoms with Crippen molar-refractivity contribution in [2.75, 3.05) is 19.5 Å². The summed E-state index contributed by atoms with van der Waals surface area (Å²) < 4.78 is 15.8. The molecule has 0 aliphatic rings. The van der Waals surface area contributed by atoms with E-state index in [0.29, 0.717) is 22.9 Å². The first-order valence-electron chi connectivity index (χ1n) is 7.25. The number of aromatic nitrogens is 1. The van der Waals surface area contributed by atoms with Crippen molar-refractivity contribution >= 4 is 11.6 Å². The van der Waals surface area contributed by atoms with Crippen LogP contribution < -0.4 is 14.8 Å². The first kappa shape index (κ1) is 15.6. The van der Waals surface area contributed by atoms with Gasteiger partial charge in [-0.3, -0.25) is 4.79 Å². The summed E-state index contributed by atoms with van der Waals surface area (Å²) in [5.41, 5.74) is 1.51. The topological polar surface area (TPSA) is 73.6 Å². The van der Waals surface area contributed by atoms with Crippen LogP contribution in [0.5, 0.6) is 11.5 Å². The van der Waals surface area contributed by atoms with Crippen molar-refractivity contribution in [3.05, 3.63) is 60.6 Å². The molecule has 6 nitrogen and oxygen atoms in total. The number of benzene rings is 2. The third-order valence-corrected chi connectivity index (χ3v) is 3.48. The van der Waals surface area contributed by atoms with E-state index in [-0.39, 0.29) is 11.6 Å². The Bertz CT molecular complexity index is 843. The first-order chi connectivity index (χ1) is 11.7. The summed E-state index contributed by atoms with van der Waals surface area (Å²) in [5, 5.41) is 2.78. The van der Waals surface area contributed by atoms with Crippen molar-refractivity contribution in [3.8, 4) is 22.8 Å². The Kier molecular flexibility index (Phi) is 4.47. The van der Waals surface area contributed by atoms with Gasteiger partial charge in [0.25, 0.3) is 5.91 Å². The van der Waals surface area contributed by atoms with Crippen LogP contribution >= 0.6 is 0 Å². The van der Waals surface area contributed by atoms with E-state index < -0.39 is 0 Å². The quantitative estimate of drug-likeness (QED) is 0.776. The predicted octanol–water partition coefficient (Wildman–Crippen LogP) is 3.61. The summed E-state index contributed by atoms with van der Waals surface area (Å²) in [4.78, 5) is 16.6. The number of hydrogen-bond acceptors (Lipinski definition) is 5. The molecule has 0 saturated heterocycles. The summed E-state index contributed by atoms with van der Waals surface area (Å²) in [5.74, 6) is 1.16. The van der Waals surface area contributed by atoms with Gasteiger partial charge in [0.15, 0.2) is 17.8 Å². The molecule has 1 heterocycles. The number of ether oxygens (including phenoxy) is 2. The number of nitrogens with zero attached hydrogens (tertiary/aromatic N) is 1. The van der Waals surface area contributed by atoms with Crippen molar-refractivity contribution < 1.29 is 18.7 Å². The molecule has 0 aliphatic carbocycles. The number of anilines is 1. The molecule has 6 heteroatoms. The Balaban J connectivity index is 1.88. The summed E-state index contributed by atoms with van der Waals surface area (Å²) >= 11 is 0. The summed E-state index contributed by atoms with van der Waals surface area (Å²) in [6, 6.07) is 14.5. The number of carbonyl (C=O) groups excluding carboxylic acids is 1. The second kappa shape index (κ2) is 6.87. The lowest BCUT2D eigenvalue weighted by molar-refractivity contribution is 0.102. The summed E-state index contributed by atoms with van der Waals surface area (Å²) in [6.45, 7) is 0. The Morgan fingerprint density at radius 2 is 1.88 bits per heavy atom. The molecular formula is C18H16N2O4. The van der Waals surface area contributed by atoms with Gasteiger partial charge in [-0.25, -0.2) is 4.98 Å². The zero-order chi connectivity index (χ0) is 16.9. The minimum absolute atomic E-state index is 0.207. The fourth-order valence-electron chi connectivity index (χ4n) is 2.29. The number of nitrogens with one attached hydrogen (secondary N) is 1. The molecule has 0 aliphatic heterocycles. The van der Waals surface area contributed by atoms with Crippen molar-refractivity contribution in [2.24, 2.45) is 0 Å². The number of oxazole rings is 1. The van der Waals surface area contributed by atoms with Gasteiger partial charge in [0.1, 0.15) is 11.5 Å². The van der Waals surface area contributed by atoms with Crippen LogP contribution in [0.15, 0.2) is 59.3 Å². The van der Waals surface area contributed by atoms with E-state index in [1.807, 2.05) is 30.3 Å². The molecule has 1 aromatic heterocycles. The fraction of sp³-hybridized carbons (Fsp3) is 0.111. The number of rotatable bonds is 5. The van der Waals surface area contributed by atoms with Crippen LogP contribution in [0.25, 0.3) is 11.3 Å².